The number of anilines is 1. The maximum Gasteiger partial charge on any atom is 0.261 e. The molecule has 8 heteroatoms. The number of nitrogens with zero attached hydrogens (tertiary/aromatic N) is 5. The third-order valence-corrected chi connectivity index (χ3v) is 5.35. The number of carbonyl (C=O) groups excluding carboxylic acids is 3. The van der Waals surface area contributed by atoms with Gasteiger partial charge in [0.1, 0.15) is 0 Å². The van der Waals surface area contributed by atoms with E-state index in [4.69, 9.17) is 0 Å². The van der Waals surface area contributed by atoms with Gasteiger partial charge in [-0.3, -0.25) is 19.3 Å². The summed E-state index contributed by atoms with van der Waals surface area (Å²) in [6, 6.07) is 14.4. The molecule has 0 saturated heterocycles. The Balaban J connectivity index is 1.38. The van der Waals surface area contributed by atoms with Crippen LogP contribution in [0.1, 0.15) is 38.4 Å². The van der Waals surface area contributed by atoms with Gasteiger partial charge in [0.05, 0.1) is 36.1 Å². The van der Waals surface area contributed by atoms with Crippen LogP contribution in [0.25, 0.3) is 0 Å². The molecule has 2 aliphatic rings. The highest BCUT2D eigenvalue weighted by Crippen LogP contribution is 2.28. The summed E-state index contributed by atoms with van der Waals surface area (Å²) in [5.74, 6) is -0.863. The predicted octanol–water partition coefficient (Wildman–Crippen LogP) is 1.86. The first-order chi connectivity index (χ1) is 14.1. The molecule has 3 aromatic rings. The van der Waals surface area contributed by atoms with Crippen molar-refractivity contribution >= 4 is 23.4 Å². The maximum atomic E-state index is 13.1. The molecule has 1 aromatic heterocycles. The van der Waals surface area contributed by atoms with Crippen LogP contribution in [0.3, 0.4) is 0 Å². The molecule has 0 radical (unpaired) electrons. The molecule has 2 aliphatic heterocycles. The van der Waals surface area contributed by atoms with Crippen molar-refractivity contribution < 1.29 is 14.4 Å². The van der Waals surface area contributed by atoms with Gasteiger partial charge in [-0.25, -0.2) is 4.68 Å². The Morgan fingerprint density at radius 3 is 2.38 bits per heavy atom. The second-order valence-corrected chi connectivity index (χ2v) is 7.05. The zero-order chi connectivity index (χ0) is 20.0. The molecule has 2 aromatic carbocycles. The van der Waals surface area contributed by atoms with Crippen LogP contribution >= 0.6 is 0 Å². The fourth-order valence-electron chi connectivity index (χ4n) is 3.86. The molecule has 5 rings (SSSR count). The summed E-state index contributed by atoms with van der Waals surface area (Å²) in [6.07, 6.45) is 1.69. The van der Waals surface area contributed by atoms with E-state index in [9.17, 15) is 14.4 Å². The van der Waals surface area contributed by atoms with Gasteiger partial charge in [-0.1, -0.05) is 35.5 Å². The van der Waals surface area contributed by atoms with Crippen molar-refractivity contribution in [2.75, 3.05) is 11.4 Å². The van der Waals surface area contributed by atoms with E-state index in [-0.39, 0.29) is 30.7 Å². The largest absolute Gasteiger partial charge is 0.306 e. The van der Waals surface area contributed by atoms with E-state index in [1.54, 1.807) is 40.0 Å². The number of rotatable bonds is 3. The number of amides is 3. The van der Waals surface area contributed by atoms with Gasteiger partial charge in [0, 0.05) is 18.7 Å². The van der Waals surface area contributed by atoms with Crippen molar-refractivity contribution in [2.45, 2.75) is 19.5 Å². The number of hydrogen-bond donors (Lipinski definition) is 0. The SMILES string of the molecule is O=C1c2ccccc2C(=O)N1CCC(=O)N1Cc2cnnn2Cc2ccccc21. The zero-order valence-electron chi connectivity index (χ0n) is 15.5. The topological polar surface area (TPSA) is 88.4 Å². The molecule has 0 bridgehead atoms. The van der Waals surface area contributed by atoms with Crippen LogP contribution < -0.4 is 4.90 Å². The molecule has 0 fully saturated rings. The second kappa shape index (κ2) is 6.66. The van der Waals surface area contributed by atoms with E-state index in [1.807, 2.05) is 24.3 Å². The Bertz CT molecular complexity index is 1120. The quantitative estimate of drug-likeness (QED) is 0.640. The minimum Gasteiger partial charge on any atom is -0.306 e. The van der Waals surface area contributed by atoms with E-state index in [0.717, 1.165) is 21.8 Å². The monoisotopic (exact) mass is 387 g/mol. The van der Waals surface area contributed by atoms with E-state index in [1.165, 1.54) is 0 Å². The summed E-state index contributed by atoms with van der Waals surface area (Å²) in [6.45, 7) is 0.917. The molecule has 0 spiro atoms. The number of fused-ring (bicyclic) bond motifs is 3. The minimum absolute atomic E-state index is 0.0430. The van der Waals surface area contributed by atoms with Gasteiger partial charge in [-0.2, -0.15) is 0 Å². The number of hydrogen-bond acceptors (Lipinski definition) is 5. The van der Waals surface area contributed by atoms with E-state index in [0.29, 0.717) is 24.2 Å². The van der Waals surface area contributed by atoms with Crippen LogP contribution in [0, 0.1) is 0 Å². The van der Waals surface area contributed by atoms with Crippen molar-refractivity contribution in [1.82, 2.24) is 19.9 Å². The fourth-order valence-corrected chi connectivity index (χ4v) is 3.86. The lowest BCUT2D eigenvalue weighted by atomic mass is 10.1. The smallest absolute Gasteiger partial charge is 0.261 e. The highest BCUT2D eigenvalue weighted by Gasteiger charge is 2.35. The van der Waals surface area contributed by atoms with Gasteiger partial charge >= 0.3 is 0 Å². The third-order valence-electron chi connectivity index (χ3n) is 5.35. The number of imide groups is 1. The first-order valence-electron chi connectivity index (χ1n) is 9.34. The van der Waals surface area contributed by atoms with Gasteiger partial charge in [0.25, 0.3) is 11.8 Å². The fraction of sp³-hybridized carbons (Fsp3) is 0.190. The minimum atomic E-state index is -0.350. The highest BCUT2D eigenvalue weighted by molar-refractivity contribution is 6.21. The molecule has 8 nitrogen and oxygen atoms in total. The number of benzene rings is 2. The van der Waals surface area contributed by atoms with Crippen molar-refractivity contribution in [3.05, 3.63) is 77.1 Å². The van der Waals surface area contributed by atoms with Crippen LogP contribution in [0.2, 0.25) is 0 Å². The molecule has 144 valence electrons. The van der Waals surface area contributed by atoms with Crippen LogP contribution in [-0.2, 0) is 17.9 Å². The first kappa shape index (κ1) is 17.3. The molecule has 3 amide bonds. The van der Waals surface area contributed by atoms with Gasteiger partial charge in [0.15, 0.2) is 0 Å². The Labute approximate surface area is 166 Å². The summed E-state index contributed by atoms with van der Waals surface area (Å²) >= 11 is 0. The van der Waals surface area contributed by atoms with Crippen molar-refractivity contribution in [1.29, 1.82) is 0 Å². The zero-order valence-corrected chi connectivity index (χ0v) is 15.5. The summed E-state index contributed by atoms with van der Waals surface area (Å²) < 4.78 is 1.77. The van der Waals surface area contributed by atoms with Gasteiger partial charge < -0.3 is 4.90 Å². The molecule has 3 heterocycles. The standard InChI is InChI=1S/C21H17N5O3/c27-19(9-10-24-20(28)16-6-2-3-7-17(16)21(24)29)25-13-15-11-22-23-26(15)12-14-5-1-4-8-18(14)25/h1-8,11H,9-10,12-13H2. The highest BCUT2D eigenvalue weighted by atomic mass is 16.2. The molecule has 0 atom stereocenters. The summed E-state index contributed by atoms with van der Waals surface area (Å²) in [5.41, 5.74) is 3.38. The molecule has 0 N–H and O–H groups in total. The van der Waals surface area contributed by atoms with Crippen LogP contribution in [-0.4, -0.2) is 44.2 Å². The summed E-state index contributed by atoms with van der Waals surface area (Å²) in [4.78, 5) is 41.0. The Kier molecular flexibility index (Phi) is 3.97. The molecule has 29 heavy (non-hydrogen) atoms. The lowest BCUT2D eigenvalue weighted by Crippen LogP contribution is -2.36. The molecule has 0 unspecified atom stereocenters. The van der Waals surface area contributed by atoms with Crippen molar-refractivity contribution in [3.63, 3.8) is 0 Å². The van der Waals surface area contributed by atoms with Crippen LogP contribution in [0.15, 0.2) is 54.7 Å². The van der Waals surface area contributed by atoms with Crippen molar-refractivity contribution in [2.24, 2.45) is 0 Å². The lowest BCUT2D eigenvalue weighted by molar-refractivity contribution is -0.118. The van der Waals surface area contributed by atoms with Crippen LogP contribution in [0.4, 0.5) is 5.69 Å². The Morgan fingerprint density at radius 2 is 1.62 bits per heavy atom. The number of carbonyl (C=O) groups is 3. The average Bonchev–Trinajstić information content (AvgIpc) is 3.23. The van der Waals surface area contributed by atoms with E-state index in [2.05, 4.69) is 10.3 Å². The van der Waals surface area contributed by atoms with Crippen LogP contribution in [0.5, 0.6) is 0 Å². The Morgan fingerprint density at radius 1 is 0.931 bits per heavy atom. The van der Waals surface area contributed by atoms with Gasteiger partial charge in [-0.15, -0.1) is 5.10 Å². The van der Waals surface area contributed by atoms with E-state index < -0.39 is 0 Å². The average molecular weight is 387 g/mol. The molecule has 0 aliphatic carbocycles. The third kappa shape index (κ3) is 2.80. The maximum absolute atomic E-state index is 13.1. The predicted molar refractivity (Wildman–Crippen MR) is 103 cm³/mol. The molecular weight excluding hydrogens is 370 g/mol. The number of para-hydroxylation sites is 1. The van der Waals surface area contributed by atoms with Gasteiger partial charge in [0.2, 0.25) is 5.91 Å². The summed E-state index contributed by atoms with van der Waals surface area (Å²) in [5, 5.41) is 8.03. The first-order valence-corrected chi connectivity index (χ1v) is 9.34. The van der Waals surface area contributed by atoms with Crippen molar-refractivity contribution in [3.8, 4) is 0 Å². The second-order valence-electron chi connectivity index (χ2n) is 7.05. The normalized spacial score (nSPS) is 15.0. The molecule has 0 saturated carbocycles. The summed E-state index contributed by atoms with van der Waals surface area (Å²) in [7, 11) is 0. The number of aromatic nitrogens is 3. The Hall–Kier alpha value is -3.81. The molecular formula is C21H17N5O3. The lowest BCUT2D eigenvalue weighted by Gasteiger charge is -2.23. The van der Waals surface area contributed by atoms with E-state index >= 15 is 0 Å². The van der Waals surface area contributed by atoms with Gasteiger partial charge in [-0.05, 0) is 23.8 Å².